The van der Waals surface area contributed by atoms with E-state index in [0.29, 0.717) is 5.84 Å². The lowest BCUT2D eigenvalue weighted by molar-refractivity contribution is -0.661. The molecule has 4 nitrogen and oxygen atoms in total. The lowest BCUT2D eigenvalue weighted by atomic mass is 10.2. The molecular formula is C10H8N3O+. The molecule has 0 spiro atoms. The average molecular weight is 186 g/mol. The molecule has 2 aliphatic heterocycles. The van der Waals surface area contributed by atoms with Crippen LogP contribution in [0, 0.1) is 0 Å². The van der Waals surface area contributed by atoms with Crippen molar-refractivity contribution in [3.63, 3.8) is 0 Å². The van der Waals surface area contributed by atoms with E-state index in [0.717, 1.165) is 16.3 Å². The molecule has 1 aromatic rings. The molecule has 0 aromatic heterocycles. The van der Waals surface area contributed by atoms with Gasteiger partial charge in [-0.05, 0) is 6.07 Å². The SMILES string of the molecule is O=C1Nc2ccccc2[NH+]2C=CN=C12. The number of hydrogen-bond donors (Lipinski definition) is 2. The second kappa shape index (κ2) is 2.52. The van der Waals surface area contributed by atoms with E-state index in [-0.39, 0.29) is 5.91 Å². The third-order valence-corrected chi connectivity index (χ3v) is 2.38. The summed E-state index contributed by atoms with van der Waals surface area (Å²) in [6.45, 7) is 0. The molecule has 14 heavy (non-hydrogen) atoms. The summed E-state index contributed by atoms with van der Waals surface area (Å²) in [5.74, 6) is 0.396. The van der Waals surface area contributed by atoms with Gasteiger partial charge in [0.15, 0.2) is 5.69 Å². The van der Waals surface area contributed by atoms with Crippen LogP contribution in [0.5, 0.6) is 0 Å². The molecule has 3 rings (SSSR count). The molecule has 2 N–H and O–H groups in total. The molecule has 0 saturated carbocycles. The van der Waals surface area contributed by atoms with Crippen molar-refractivity contribution < 1.29 is 9.69 Å². The van der Waals surface area contributed by atoms with Crippen molar-refractivity contribution in [1.29, 1.82) is 0 Å². The third kappa shape index (κ3) is 0.856. The molecule has 0 radical (unpaired) electrons. The summed E-state index contributed by atoms with van der Waals surface area (Å²) in [4.78, 5) is 16.5. The van der Waals surface area contributed by atoms with Gasteiger partial charge in [0.25, 0.3) is 0 Å². The van der Waals surface area contributed by atoms with Gasteiger partial charge in [-0.25, -0.2) is 4.90 Å². The quantitative estimate of drug-likeness (QED) is 0.590. The van der Waals surface area contributed by atoms with Gasteiger partial charge in [0, 0.05) is 6.07 Å². The minimum absolute atomic E-state index is 0.122. The Morgan fingerprint density at radius 1 is 1.29 bits per heavy atom. The van der Waals surface area contributed by atoms with Crippen molar-refractivity contribution in [1.82, 2.24) is 0 Å². The van der Waals surface area contributed by atoms with Crippen LogP contribution in [0.3, 0.4) is 0 Å². The van der Waals surface area contributed by atoms with Crippen LogP contribution in [0.25, 0.3) is 0 Å². The summed E-state index contributed by atoms with van der Waals surface area (Å²) in [7, 11) is 0. The number of fused-ring (bicyclic) bond motifs is 3. The molecule has 0 saturated heterocycles. The number of nitrogens with one attached hydrogen (secondary N) is 2. The van der Waals surface area contributed by atoms with E-state index in [1.807, 2.05) is 30.5 Å². The van der Waals surface area contributed by atoms with Crippen LogP contribution in [0.2, 0.25) is 0 Å². The molecule has 0 fully saturated rings. The summed E-state index contributed by atoms with van der Waals surface area (Å²) < 4.78 is 0. The Kier molecular flexibility index (Phi) is 1.35. The topological polar surface area (TPSA) is 45.9 Å². The first kappa shape index (κ1) is 7.46. The summed E-state index contributed by atoms with van der Waals surface area (Å²) in [5, 5.41) is 2.80. The average Bonchev–Trinajstić information content (AvgIpc) is 2.67. The largest absolute Gasteiger partial charge is 0.331 e. The van der Waals surface area contributed by atoms with Crippen LogP contribution in [-0.4, -0.2) is 11.7 Å². The molecule has 2 aliphatic rings. The maximum absolute atomic E-state index is 11.5. The number of carbonyl (C=O) groups excluding carboxylic acids is 1. The Balaban J connectivity index is 2.22. The number of para-hydroxylation sites is 2. The summed E-state index contributed by atoms with van der Waals surface area (Å²) >= 11 is 0. The Morgan fingerprint density at radius 3 is 3.07 bits per heavy atom. The molecule has 1 atom stereocenters. The van der Waals surface area contributed by atoms with Crippen molar-refractivity contribution in [3.05, 3.63) is 36.7 Å². The van der Waals surface area contributed by atoms with Crippen LogP contribution < -0.4 is 10.2 Å². The first-order valence-electron chi connectivity index (χ1n) is 4.39. The van der Waals surface area contributed by atoms with Crippen molar-refractivity contribution in [2.45, 2.75) is 0 Å². The highest BCUT2D eigenvalue weighted by Crippen LogP contribution is 2.20. The maximum atomic E-state index is 11.5. The molecule has 0 aliphatic carbocycles. The van der Waals surface area contributed by atoms with E-state index in [4.69, 9.17) is 0 Å². The van der Waals surface area contributed by atoms with Crippen molar-refractivity contribution in [3.8, 4) is 0 Å². The maximum Gasteiger partial charge on any atom is 0.331 e. The highest BCUT2D eigenvalue weighted by atomic mass is 16.2. The first-order chi connectivity index (χ1) is 6.86. The second-order valence-corrected chi connectivity index (χ2v) is 3.21. The smallest absolute Gasteiger partial charge is 0.311 e. The Morgan fingerprint density at radius 2 is 2.14 bits per heavy atom. The molecule has 68 valence electrons. The Labute approximate surface area is 80.6 Å². The highest BCUT2D eigenvalue weighted by molar-refractivity contribution is 6.41. The van der Waals surface area contributed by atoms with Gasteiger partial charge in [0.1, 0.15) is 11.9 Å². The van der Waals surface area contributed by atoms with E-state index in [1.54, 1.807) is 6.20 Å². The summed E-state index contributed by atoms with van der Waals surface area (Å²) in [6, 6.07) is 7.73. The van der Waals surface area contributed by atoms with Gasteiger partial charge in [0.05, 0.1) is 6.20 Å². The van der Waals surface area contributed by atoms with E-state index >= 15 is 0 Å². The van der Waals surface area contributed by atoms with E-state index in [1.165, 1.54) is 0 Å². The minimum Gasteiger partial charge on any atom is -0.311 e. The van der Waals surface area contributed by atoms with Crippen molar-refractivity contribution >= 4 is 23.1 Å². The van der Waals surface area contributed by atoms with Crippen LogP contribution in [0.4, 0.5) is 11.4 Å². The number of carbonyl (C=O) groups is 1. The number of amides is 1. The number of rotatable bonds is 0. The molecule has 1 unspecified atom stereocenters. The van der Waals surface area contributed by atoms with Crippen LogP contribution in [-0.2, 0) is 4.79 Å². The lowest BCUT2D eigenvalue weighted by Gasteiger charge is -2.19. The highest BCUT2D eigenvalue weighted by Gasteiger charge is 2.35. The van der Waals surface area contributed by atoms with Crippen molar-refractivity contribution in [2.24, 2.45) is 4.99 Å². The number of nitrogens with zero attached hydrogens (tertiary/aromatic N) is 1. The summed E-state index contributed by atoms with van der Waals surface area (Å²) in [5.41, 5.74) is 1.90. The zero-order valence-corrected chi connectivity index (χ0v) is 7.32. The molecule has 1 aromatic carbocycles. The van der Waals surface area contributed by atoms with Gasteiger partial charge in [-0.3, -0.25) is 4.79 Å². The van der Waals surface area contributed by atoms with Gasteiger partial charge >= 0.3 is 11.7 Å². The first-order valence-corrected chi connectivity index (χ1v) is 4.39. The van der Waals surface area contributed by atoms with Crippen molar-refractivity contribution in [2.75, 3.05) is 5.32 Å². The van der Waals surface area contributed by atoms with Gasteiger partial charge < -0.3 is 5.32 Å². The number of hydrogen-bond acceptors (Lipinski definition) is 2. The molecular weight excluding hydrogens is 178 g/mol. The molecule has 0 bridgehead atoms. The van der Waals surface area contributed by atoms with Gasteiger partial charge in [-0.15, -0.1) is 0 Å². The number of aliphatic imine (C=N–C) groups is 1. The number of benzene rings is 1. The number of amidine groups is 1. The third-order valence-electron chi connectivity index (χ3n) is 2.38. The lowest BCUT2D eigenvalue weighted by Crippen LogP contribution is -3.07. The fourth-order valence-corrected chi connectivity index (χ4v) is 1.74. The van der Waals surface area contributed by atoms with E-state index < -0.39 is 0 Å². The minimum atomic E-state index is -0.122. The summed E-state index contributed by atoms with van der Waals surface area (Å²) in [6.07, 6.45) is 3.53. The normalized spacial score (nSPS) is 22.4. The predicted molar refractivity (Wildman–Crippen MR) is 52.3 cm³/mol. The zero-order chi connectivity index (χ0) is 9.54. The predicted octanol–water partition coefficient (Wildman–Crippen LogP) is 0.0384. The van der Waals surface area contributed by atoms with Gasteiger partial charge in [-0.1, -0.05) is 12.1 Å². The standard InChI is InChI=1S/C10H7N3O/c14-10-9-11-5-6-13(9)8-4-2-1-3-7(8)12-10/h1-6H,(H,12,14)/p+1. The zero-order valence-electron chi connectivity index (χ0n) is 7.32. The fraction of sp³-hybridized carbons (Fsp3) is 0. The Hall–Kier alpha value is -1.94. The van der Waals surface area contributed by atoms with Crippen LogP contribution >= 0.6 is 0 Å². The van der Waals surface area contributed by atoms with E-state index in [9.17, 15) is 4.79 Å². The van der Waals surface area contributed by atoms with E-state index in [2.05, 4.69) is 10.3 Å². The second-order valence-electron chi connectivity index (χ2n) is 3.21. The molecule has 4 heteroatoms. The van der Waals surface area contributed by atoms with Gasteiger partial charge in [0.2, 0.25) is 0 Å². The number of anilines is 1. The van der Waals surface area contributed by atoms with Crippen LogP contribution in [0.1, 0.15) is 0 Å². The number of quaternary nitrogens is 1. The Bertz CT molecular complexity index is 476. The molecule has 1 amide bonds. The monoisotopic (exact) mass is 186 g/mol. The fourth-order valence-electron chi connectivity index (χ4n) is 1.74. The molecule has 2 heterocycles. The van der Waals surface area contributed by atoms with Crippen LogP contribution in [0.15, 0.2) is 41.7 Å². The van der Waals surface area contributed by atoms with Gasteiger partial charge in [-0.2, -0.15) is 4.99 Å².